The maximum atomic E-state index is 10.5. The summed E-state index contributed by atoms with van der Waals surface area (Å²) in [7, 11) is -4.94. The van der Waals surface area contributed by atoms with E-state index in [1.165, 1.54) is 70.6 Å². The molecule has 2 unspecified atom stereocenters. The predicted octanol–water partition coefficient (Wildman–Crippen LogP) is -3.99. The maximum Gasteiger partial charge on any atom is 1.00 e. The number of ether oxygens (including phenoxy) is 1. The molecule has 14 heteroatoms. The van der Waals surface area contributed by atoms with Gasteiger partial charge in [0.05, 0.1) is 5.97 Å². The quantitative estimate of drug-likeness (QED) is 0.0376. The topological polar surface area (TPSA) is 207 Å². The molecule has 40 heavy (non-hydrogen) atoms. The van der Waals surface area contributed by atoms with Gasteiger partial charge in [0.25, 0.3) is 10.1 Å². The largest absolute Gasteiger partial charge is 1.00 e. The zero-order valence-corrected chi connectivity index (χ0v) is 30.1. The van der Waals surface area contributed by atoms with E-state index in [-0.39, 0.29) is 65.0 Å². The molecule has 226 valence electrons. The minimum atomic E-state index is -4.94. The van der Waals surface area contributed by atoms with E-state index >= 15 is 0 Å². The van der Waals surface area contributed by atoms with Crippen LogP contribution in [0.25, 0.3) is 0 Å². The van der Waals surface area contributed by atoms with Gasteiger partial charge in [0.15, 0.2) is 6.29 Å². The first-order valence-corrected chi connectivity index (χ1v) is 14.9. The van der Waals surface area contributed by atoms with Gasteiger partial charge in [-0.2, -0.15) is 8.42 Å². The molecule has 11 nitrogen and oxygen atoms in total. The van der Waals surface area contributed by atoms with E-state index in [1.54, 1.807) is 6.92 Å². The number of rotatable bonds is 21. The molecule has 0 spiro atoms. The number of hydrogen-bond donors (Lipinski definition) is 3. The monoisotopic (exact) mass is 613 g/mol. The average molecular weight is 614 g/mol. The number of carboxylic acids is 2. The molecule has 1 amide bonds. The summed E-state index contributed by atoms with van der Waals surface area (Å²) in [4.78, 5) is 30.3. The van der Waals surface area contributed by atoms with Crippen LogP contribution in [0.2, 0.25) is 0 Å². The number of aliphatic hydroxyl groups is 1. The molecular weight excluding hydrogens is 564 g/mol. The minimum absolute atomic E-state index is 0. The van der Waals surface area contributed by atoms with Gasteiger partial charge < -0.3 is 35.4 Å². The van der Waals surface area contributed by atoms with Crippen molar-refractivity contribution in [1.82, 2.24) is 0 Å². The van der Waals surface area contributed by atoms with Crippen molar-refractivity contribution < 1.29 is 107 Å². The van der Waals surface area contributed by atoms with Crippen LogP contribution < -0.4 is 75.1 Å². The number of aliphatic hydroxyl groups excluding tert-OH is 1. The van der Waals surface area contributed by atoms with E-state index in [0.717, 1.165) is 12.8 Å². The fourth-order valence-corrected chi connectivity index (χ4v) is 3.66. The Hall–Kier alpha value is -0.0200. The summed E-state index contributed by atoms with van der Waals surface area (Å²) >= 11 is 0. The normalized spacial score (nSPS) is 11.9. The molecule has 0 bridgehead atoms. The van der Waals surface area contributed by atoms with E-state index in [2.05, 4.69) is 23.8 Å². The molecule has 0 saturated heterocycles. The van der Waals surface area contributed by atoms with Crippen molar-refractivity contribution in [3.63, 3.8) is 0 Å². The van der Waals surface area contributed by atoms with Crippen LogP contribution >= 0.6 is 0 Å². The summed E-state index contributed by atoms with van der Waals surface area (Å²) < 4.78 is 33.1. The van der Waals surface area contributed by atoms with Crippen molar-refractivity contribution in [2.24, 2.45) is 5.73 Å². The van der Waals surface area contributed by atoms with E-state index in [1.807, 2.05) is 6.92 Å². The van der Waals surface area contributed by atoms with Crippen LogP contribution in [0.5, 0.6) is 0 Å². The Morgan fingerprint density at radius 2 is 1.27 bits per heavy atom. The number of primary amides is 1. The number of carbonyl (C=O) groups excluding carboxylic acids is 3. The molecule has 0 aromatic heterocycles. The molecule has 0 fully saturated rings. The number of hydrogen-bond acceptors (Lipinski definition) is 9. The van der Waals surface area contributed by atoms with Crippen molar-refractivity contribution in [3.05, 3.63) is 12.2 Å². The van der Waals surface area contributed by atoms with Gasteiger partial charge in [0.2, 0.25) is 5.91 Å². The number of allylic oxidation sites excluding steroid dienone is 2. The van der Waals surface area contributed by atoms with Crippen LogP contribution in [0.15, 0.2) is 12.2 Å². The fourth-order valence-electron chi connectivity index (χ4n) is 3.07. The number of unbranched alkanes of at least 4 members (excludes halogenated alkanes) is 11. The first-order chi connectivity index (χ1) is 17.8. The number of aliphatic carboxylic acids is 2. The third-order valence-electron chi connectivity index (χ3n) is 5.07. The summed E-state index contributed by atoms with van der Waals surface area (Å²) in [6.45, 7) is 6.27. The smallest absolute Gasteiger partial charge is 0.550 e. The molecular formula is C26H49NNa2O10S. The van der Waals surface area contributed by atoms with Crippen molar-refractivity contribution in [2.75, 3.05) is 6.61 Å². The zero-order chi connectivity index (χ0) is 29.8. The van der Waals surface area contributed by atoms with Crippen molar-refractivity contribution >= 4 is 28.0 Å². The van der Waals surface area contributed by atoms with Gasteiger partial charge in [-0.3, -0.25) is 9.35 Å². The van der Waals surface area contributed by atoms with Crippen LogP contribution in [0, 0.1) is 0 Å². The summed E-state index contributed by atoms with van der Waals surface area (Å²) in [5, 5.41) is 25.6. The molecule has 2 atom stereocenters. The average Bonchev–Trinajstić information content (AvgIpc) is 2.79. The molecule has 0 aliphatic rings. The summed E-state index contributed by atoms with van der Waals surface area (Å²) in [5.41, 5.74) is 5.10. The Kier molecular flexibility index (Phi) is 43.7. The van der Waals surface area contributed by atoms with E-state index in [0.29, 0.717) is 13.0 Å². The van der Waals surface area contributed by atoms with E-state index in [4.69, 9.17) is 15.4 Å². The van der Waals surface area contributed by atoms with Gasteiger partial charge in [0, 0.05) is 25.4 Å². The number of nitrogens with two attached hydrogens (primary N) is 1. The number of carbonyl (C=O) groups is 3. The van der Waals surface area contributed by atoms with Gasteiger partial charge in [-0.05, 0) is 46.0 Å². The number of carboxylic acid groups (broad SMARTS) is 2. The third kappa shape index (κ3) is 45.0. The molecule has 0 heterocycles. The van der Waals surface area contributed by atoms with E-state index in [9.17, 15) is 33.0 Å². The van der Waals surface area contributed by atoms with Crippen LogP contribution in [0.1, 0.15) is 117 Å². The zero-order valence-electron chi connectivity index (χ0n) is 25.3. The first-order valence-electron chi connectivity index (χ1n) is 13.4. The van der Waals surface area contributed by atoms with Crippen molar-refractivity contribution in [1.29, 1.82) is 0 Å². The second-order valence-corrected chi connectivity index (χ2v) is 10.4. The van der Waals surface area contributed by atoms with Gasteiger partial charge in [0.1, 0.15) is 5.25 Å². The van der Waals surface area contributed by atoms with Crippen LogP contribution in [0.3, 0.4) is 0 Å². The summed E-state index contributed by atoms with van der Waals surface area (Å²) in [6.07, 6.45) is 20.0. The second kappa shape index (κ2) is 35.2. The van der Waals surface area contributed by atoms with Crippen LogP contribution in [-0.4, -0.2) is 54.1 Å². The Labute approximate surface area is 285 Å². The van der Waals surface area contributed by atoms with Gasteiger partial charge in [-0.25, -0.2) is 0 Å². The SMILES string of the molecule is CCCCCCCC/C=C\CCCCCCCC(N)=O.CCOC(C)O.O=C([O-])CC(C(=O)[O-])S(=O)(=O)O.[Na+].[Na+]. The molecule has 4 N–H and O–H groups in total. The minimum Gasteiger partial charge on any atom is -0.550 e. The number of amides is 1. The fraction of sp³-hybridized carbons (Fsp3) is 0.808. The van der Waals surface area contributed by atoms with Crippen molar-refractivity contribution in [2.45, 2.75) is 129 Å². The summed E-state index contributed by atoms with van der Waals surface area (Å²) in [5.74, 6) is -4.24. The molecule has 0 rings (SSSR count). The van der Waals surface area contributed by atoms with Crippen LogP contribution in [0.4, 0.5) is 0 Å². The molecule has 0 aliphatic heterocycles. The van der Waals surface area contributed by atoms with Crippen molar-refractivity contribution in [3.8, 4) is 0 Å². The van der Waals surface area contributed by atoms with Crippen LogP contribution in [-0.2, 0) is 29.2 Å². The Balaban J connectivity index is -0.000000174. The van der Waals surface area contributed by atoms with Gasteiger partial charge in [-0.1, -0.05) is 70.4 Å². The summed E-state index contributed by atoms with van der Waals surface area (Å²) in [6, 6.07) is 0. The van der Waals surface area contributed by atoms with E-state index < -0.39 is 40.0 Å². The van der Waals surface area contributed by atoms with Gasteiger partial charge in [-0.15, -0.1) is 0 Å². The maximum absolute atomic E-state index is 10.5. The first kappa shape index (κ1) is 49.6. The Bertz CT molecular complexity index is 735. The molecule has 0 radical (unpaired) electrons. The Morgan fingerprint density at radius 1 is 0.850 bits per heavy atom. The van der Waals surface area contributed by atoms with Gasteiger partial charge >= 0.3 is 59.1 Å². The standard InChI is InChI=1S/C18H35NO.C4H6O7S.C4H10O2.2Na/c1-2-3-4-5-6-7-8-9-10-11-12-13-14-15-16-17-18(19)20;5-3(6)1-2(4(7)8)12(9,10)11;1-3-6-4(2)5;;/h9-10H,2-8,11-17H2,1H3,(H2,19,20);2H,1H2,(H,5,6)(H,7,8)(H,9,10,11);4-5H,3H2,1-2H3;;/q;;;2*+1/p-2/b10-9-;;;;. The predicted molar refractivity (Wildman–Crippen MR) is 142 cm³/mol. The molecule has 0 aromatic carbocycles. The molecule has 0 aliphatic carbocycles. The molecule has 0 aromatic rings. The Morgan fingerprint density at radius 3 is 1.55 bits per heavy atom. The second-order valence-electron chi connectivity index (χ2n) is 8.75. The molecule has 0 saturated carbocycles. The third-order valence-corrected chi connectivity index (χ3v) is 6.15.